The van der Waals surface area contributed by atoms with E-state index < -0.39 is 17.6 Å². The Bertz CT molecular complexity index is 1610. The largest absolute Gasteiger partial charge is 0.417 e. The predicted octanol–water partition coefficient (Wildman–Crippen LogP) is 8.65. The Morgan fingerprint density at radius 3 is 2.49 bits per heavy atom. The van der Waals surface area contributed by atoms with Gasteiger partial charge in [0.15, 0.2) is 0 Å². The number of pyridine rings is 1. The normalized spacial score (nSPS) is 18.9. The van der Waals surface area contributed by atoms with Crippen LogP contribution in [0.1, 0.15) is 54.9 Å². The van der Waals surface area contributed by atoms with Crippen molar-refractivity contribution in [3.05, 3.63) is 82.5 Å². The highest BCUT2D eigenvalue weighted by Gasteiger charge is 2.44. The molecule has 0 atom stereocenters. The van der Waals surface area contributed by atoms with E-state index >= 15 is 0 Å². The average molecular weight is 554 g/mol. The maximum absolute atomic E-state index is 14.8. The Balaban J connectivity index is 1.15. The fourth-order valence-electron chi connectivity index (χ4n) is 6.12. The molecule has 200 valence electrons. The van der Waals surface area contributed by atoms with Crippen molar-refractivity contribution in [1.29, 1.82) is 0 Å². The first-order chi connectivity index (χ1) is 18.7. The van der Waals surface area contributed by atoms with Gasteiger partial charge >= 0.3 is 6.18 Å². The van der Waals surface area contributed by atoms with E-state index in [0.29, 0.717) is 22.2 Å². The maximum Gasteiger partial charge on any atom is 0.417 e. The Labute approximate surface area is 227 Å². The van der Waals surface area contributed by atoms with Crippen molar-refractivity contribution in [1.82, 2.24) is 10.1 Å². The molecule has 9 heteroatoms. The highest BCUT2D eigenvalue weighted by Crippen LogP contribution is 2.56. The number of fused-ring (bicyclic) bond motifs is 1. The molecule has 0 bridgehead atoms. The molecular weight excluding hydrogens is 530 g/mol. The van der Waals surface area contributed by atoms with Gasteiger partial charge in [0.05, 0.1) is 21.7 Å². The van der Waals surface area contributed by atoms with E-state index in [1.807, 2.05) is 6.07 Å². The number of benzene rings is 2. The maximum atomic E-state index is 14.8. The van der Waals surface area contributed by atoms with E-state index in [-0.39, 0.29) is 16.4 Å². The number of allylic oxidation sites excluding steroid dienone is 2. The van der Waals surface area contributed by atoms with Crippen LogP contribution in [0, 0.1) is 11.2 Å². The lowest BCUT2D eigenvalue weighted by atomic mass is 9.63. The van der Waals surface area contributed by atoms with E-state index in [2.05, 4.69) is 21.1 Å². The van der Waals surface area contributed by atoms with Crippen LogP contribution >= 0.6 is 11.6 Å². The number of hydrogen-bond acceptors (Lipinski definition) is 4. The minimum absolute atomic E-state index is 0.00421. The van der Waals surface area contributed by atoms with Crippen LogP contribution in [0.15, 0.2) is 59.3 Å². The summed E-state index contributed by atoms with van der Waals surface area (Å²) >= 11 is 6.38. The second-order valence-corrected chi connectivity index (χ2v) is 11.3. The first-order valence-corrected chi connectivity index (χ1v) is 13.5. The van der Waals surface area contributed by atoms with E-state index in [1.54, 1.807) is 24.3 Å². The fraction of sp³-hybridized carbons (Fsp3) is 0.333. The van der Waals surface area contributed by atoms with Gasteiger partial charge in [0.2, 0.25) is 0 Å². The Hall–Kier alpha value is -3.39. The summed E-state index contributed by atoms with van der Waals surface area (Å²) in [5, 5.41) is 4.69. The molecule has 3 aliphatic rings. The average Bonchev–Trinajstić information content (AvgIpc) is 3.65. The third-order valence-corrected chi connectivity index (χ3v) is 8.68. The minimum Gasteiger partial charge on any atom is -0.371 e. The van der Waals surface area contributed by atoms with Gasteiger partial charge in [0.1, 0.15) is 17.3 Å². The lowest BCUT2D eigenvalue weighted by molar-refractivity contribution is -0.136. The Kier molecular flexibility index (Phi) is 5.57. The van der Waals surface area contributed by atoms with Crippen molar-refractivity contribution in [2.75, 3.05) is 18.0 Å². The molecule has 2 aromatic heterocycles. The summed E-state index contributed by atoms with van der Waals surface area (Å²) in [7, 11) is 0. The number of alkyl halides is 3. The number of piperidine rings is 1. The van der Waals surface area contributed by atoms with Gasteiger partial charge in [0.25, 0.3) is 0 Å². The molecule has 39 heavy (non-hydrogen) atoms. The molecule has 1 aliphatic heterocycles. The van der Waals surface area contributed by atoms with Crippen LogP contribution < -0.4 is 4.90 Å². The van der Waals surface area contributed by atoms with Crippen LogP contribution in [0.3, 0.4) is 0 Å². The number of hydrogen-bond donors (Lipinski definition) is 0. The second-order valence-electron chi connectivity index (χ2n) is 10.9. The minimum atomic E-state index is -4.44. The number of nitrogens with zero attached hydrogens (tertiary/aromatic N) is 3. The van der Waals surface area contributed by atoms with Crippen LogP contribution in [-0.4, -0.2) is 23.2 Å². The highest BCUT2D eigenvalue weighted by atomic mass is 35.5. The Morgan fingerprint density at radius 2 is 1.79 bits per heavy atom. The summed E-state index contributed by atoms with van der Waals surface area (Å²) in [4.78, 5) is 6.25. The number of rotatable bonds is 4. The smallest absolute Gasteiger partial charge is 0.371 e. The van der Waals surface area contributed by atoms with E-state index in [9.17, 15) is 17.6 Å². The molecule has 4 nitrogen and oxygen atoms in total. The van der Waals surface area contributed by atoms with Crippen molar-refractivity contribution < 1.29 is 22.1 Å². The number of halogens is 5. The van der Waals surface area contributed by atoms with Crippen LogP contribution in [0.25, 0.3) is 27.7 Å². The molecule has 0 radical (unpaired) electrons. The first kappa shape index (κ1) is 24.6. The van der Waals surface area contributed by atoms with Crippen LogP contribution in [0.5, 0.6) is 0 Å². The van der Waals surface area contributed by atoms with Gasteiger partial charge in [0, 0.05) is 41.8 Å². The van der Waals surface area contributed by atoms with Gasteiger partial charge in [-0.2, -0.15) is 13.2 Å². The summed E-state index contributed by atoms with van der Waals surface area (Å²) in [6, 6.07) is 10.7. The van der Waals surface area contributed by atoms with Crippen molar-refractivity contribution >= 4 is 33.8 Å². The van der Waals surface area contributed by atoms with Gasteiger partial charge in [-0.05, 0) is 79.5 Å². The molecule has 0 amide bonds. The summed E-state index contributed by atoms with van der Waals surface area (Å²) in [5.74, 6) is 0.685. The summed E-state index contributed by atoms with van der Waals surface area (Å²) in [6.07, 6.45) is 3.64. The topological polar surface area (TPSA) is 42.2 Å². The number of aromatic nitrogens is 2. The van der Waals surface area contributed by atoms with E-state index in [1.165, 1.54) is 12.3 Å². The number of anilines is 1. The molecule has 2 aromatic carbocycles. The molecule has 1 spiro atoms. The van der Waals surface area contributed by atoms with E-state index in [0.717, 1.165) is 73.8 Å². The molecule has 0 N–H and O–H groups in total. The van der Waals surface area contributed by atoms with Gasteiger partial charge < -0.3 is 9.42 Å². The zero-order chi connectivity index (χ0) is 26.9. The van der Waals surface area contributed by atoms with Gasteiger partial charge in [-0.15, -0.1) is 0 Å². The second kappa shape index (κ2) is 8.81. The lowest BCUT2D eigenvalue weighted by Crippen LogP contribution is -2.42. The summed E-state index contributed by atoms with van der Waals surface area (Å²) in [5.41, 5.74) is 3.14. The zero-order valence-corrected chi connectivity index (χ0v) is 21.6. The van der Waals surface area contributed by atoms with Crippen molar-refractivity contribution in [3.8, 4) is 11.3 Å². The molecule has 7 rings (SSSR count). The zero-order valence-electron chi connectivity index (χ0n) is 20.9. The molecule has 3 heterocycles. The molecule has 1 saturated carbocycles. The molecule has 1 saturated heterocycles. The molecule has 2 aliphatic carbocycles. The summed E-state index contributed by atoms with van der Waals surface area (Å²) < 4.78 is 61.3. The van der Waals surface area contributed by atoms with Crippen molar-refractivity contribution in [2.24, 2.45) is 5.41 Å². The third kappa shape index (κ3) is 4.20. The summed E-state index contributed by atoms with van der Waals surface area (Å²) in [6.45, 7) is 1.45. The first-order valence-electron chi connectivity index (χ1n) is 13.1. The molecular formula is C30H24ClF4N3O. The van der Waals surface area contributed by atoms with Crippen molar-refractivity contribution in [3.63, 3.8) is 0 Å². The monoisotopic (exact) mass is 553 g/mol. The van der Waals surface area contributed by atoms with Crippen LogP contribution in [0.2, 0.25) is 5.02 Å². The molecule has 4 aromatic rings. The van der Waals surface area contributed by atoms with Gasteiger partial charge in [-0.25, -0.2) is 4.39 Å². The quantitative estimate of drug-likeness (QED) is 0.237. The predicted molar refractivity (Wildman–Crippen MR) is 142 cm³/mol. The SMILES string of the molecule is Fc1cccc(Cl)c1-c1noc(C2CC2)c1C1=CC2(CCN(c3ccc4nccc(C(F)(F)F)c4c3)CC2)C1. The standard InChI is InChI=1S/C30H24ClF4N3O/c31-22-2-1-3-23(32)26(22)27-25(28(39-37-27)17-4-5-17)18-15-29(16-18)9-12-38(13-10-29)19-6-7-24-20(14-19)21(8-11-36-24)30(33,34)35/h1-3,6-8,11,14-15,17H,4-5,9-10,12-13,16H2. The third-order valence-electron chi connectivity index (χ3n) is 8.37. The van der Waals surface area contributed by atoms with Gasteiger partial charge in [-0.3, -0.25) is 4.98 Å². The van der Waals surface area contributed by atoms with Gasteiger partial charge in [-0.1, -0.05) is 28.9 Å². The van der Waals surface area contributed by atoms with E-state index in [4.69, 9.17) is 16.1 Å². The molecule has 2 fully saturated rings. The fourth-order valence-corrected chi connectivity index (χ4v) is 6.37. The van der Waals surface area contributed by atoms with Crippen LogP contribution in [-0.2, 0) is 6.18 Å². The Morgan fingerprint density at radius 1 is 1.03 bits per heavy atom. The van der Waals surface area contributed by atoms with Crippen molar-refractivity contribution in [2.45, 2.75) is 44.2 Å². The molecule has 0 unspecified atom stereocenters. The highest BCUT2D eigenvalue weighted by molar-refractivity contribution is 6.33. The lowest BCUT2D eigenvalue weighted by Gasteiger charge is -2.47. The van der Waals surface area contributed by atoms with Crippen LogP contribution in [0.4, 0.5) is 23.2 Å².